The minimum absolute atomic E-state index is 0.226. The average molecular weight is 223 g/mol. The van der Waals surface area contributed by atoms with Crippen molar-refractivity contribution in [3.63, 3.8) is 0 Å². The third-order valence-corrected chi connectivity index (χ3v) is 2.42. The number of aliphatic hydroxyl groups excluding tert-OH is 1. The van der Waals surface area contributed by atoms with E-state index in [1.807, 2.05) is 43.1 Å². The summed E-state index contributed by atoms with van der Waals surface area (Å²) in [4.78, 5) is 12.3. The topological polar surface area (TPSA) is 60.8 Å². The van der Waals surface area contributed by atoms with Crippen LogP contribution in [0.3, 0.4) is 0 Å². The van der Waals surface area contributed by atoms with Crippen molar-refractivity contribution in [1.82, 2.24) is 0 Å². The Morgan fingerprint density at radius 2 is 2.06 bits per heavy atom. The predicted octanol–water partition coefficient (Wildman–Crippen LogP) is 1.27. The maximum atomic E-state index is 10.4. The molecule has 2 N–H and O–H groups in total. The van der Waals surface area contributed by atoms with Crippen LogP contribution in [0.15, 0.2) is 24.3 Å². The maximum Gasteiger partial charge on any atom is 0.306 e. The number of anilines is 1. The van der Waals surface area contributed by atoms with Gasteiger partial charge >= 0.3 is 5.97 Å². The normalized spacial score (nSPS) is 12.2. The van der Waals surface area contributed by atoms with Crippen LogP contribution >= 0.6 is 0 Å². The Morgan fingerprint density at radius 3 is 2.62 bits per heavy atom. The number of carbonyl (C=O) groups is 1. The Hall–Kier alpha value is -1.55. The van der Waals surface area contributed by atoms with Crippen LogP contribution in [0.4, 0.5) is 5.69 Å². The lowest BCUT2D eigenvalue weighted by molar-refractivity contribution is -0.139. The van der Waals surface area contributed by atoms with E-state index in [9.17, 15) is 9.90 Å². The van der Waals surface area contributed by atoms with Gasteiger partial charge in [0, 0.05) is 19.3 Å². The molecule has 0 radical (unpaired) electrons. The molecule has 88 valence electrons. The van der Waals surface area contributed by atoms with Crippen molar-refractivity contribution < 1.29 is 15.0 Å². The molecule has 0 aliphatic rings. The first-order valence-corrected chi connectivity index (χ1v) is 5.17. The minimum atomic E-state index is -0.981. The van der Waals surface area contributed by atoms with Crippen molar-refractivity contribution in [2.45, 2.75) is 19.4 Å². The summed E-state index contributed by atoms with van der Waals surface area (Å²) in [7, 11) is 1.84. The number of aliphatic hydroxyl groups is 1. The molecular formula is C12H17NO3. The number of likely N-dealkylation sites (N-methyl/N-ethyl adjacent to an activating group) is 1. The number of nitrogens with zero attached hydrogens (tertiary/aromatic N) is 1. The zero-order valence-electron chi connectivity index (χ0n) is 9.55. The fraction of sp³-hybridized carbons (Fsp3) is 0.417. The summed E-state index contributed by atoms with van der Waals surface area (Å²) < 4.78 is 0. The van der Waals surface area contributed by atoms with E-state index in [2.05, 4.69) is 0 Å². The Labute approximate surface area is 95.1 Å². The lowest BCUT2D eigenvalue weighted by Gasteiger charge is -2.23. The van der Waals surface area contributed by atoms with Gasteiger partial charge in [-0.1, -0.05) is 18.2 Å². The third-order valence-electron chi connectivity index (χ3n) is 2.42. The number of rotatable bonds is 5. The van der Waals surface area contributed by atoms with Crippen LogP contribution in [0, 0.1) is 6.92 Å². The SMILES string of the molecule is Cc1ccccc1N(C)CC(O)CC(=O)O. The molecule has 0 bridgehead atoms. The van der Waals surface area contributed by atoms with Crippen molar-refractivity contribution in [2.75, 3.05) is 18.5 Å². The van der Waals surface area contributed by atoms with E-state index in [1.165, 1.54) is 0 Å². The lowest BCUT2D eigenvalue weighted by Crippen LogP contribution is -2.30. The van der Waals surface area contributed by atoms with Gasteiger partial charge in [0.1, 0.15) is 0 Å². The van der Waals surface area contributed by atoms with Crippen molar-refractivity contribution in [3.05, 3.63) is 29.8 Å². The summed E-state index contributed by atoms with van der Waals surface area (Å²) in [6.07, 6.45) is -1.07. The molecule has 0 aliphatic carbocycles. The van der Waals surface area contributed by atoms with Gasteiger partial charge in [-0.05, 0) is 18.6 Å². The summed E-state index contributed by atoms with van der Waals surface area (Å²) in [6, 6.07) is 7.79. The van der Waals surface area contributed by atoms with Gasteiger partial charge in [-0.25, -0.2) is 0 Å². The number of carboxylic acids is 1. The zero-order chi connectivity index (χ0) is 12.1. The van der Waals surface area contributed by atoms with E-state index in [0.717, 1.165) is 11.3 Å². The number of benzene rings is 1. The number of carboxylic acid groups (broad SMARTS) is 1. The average Bonchev–Trinajstić information content (AvgIpc) is 2.16. The Morgan fingerprint density at radius 1 is 1.44 bits per heavy atom. The summed E-state index contributed by atoms with van der Waals surface area (Å²) in [5.74, 6) is -0.981. The molecule has 16 heavy (non-hydrogen) atoms. The highest BCUT2D eigenvalue weighted by molar-refractivity contribution is 5.67. The van der Waals surface area contributed by atoms with E-state index < -0.39 is 12.1 Å². The van der Waals surface area contributed by atoms with Crippen LogP contribution in [0.25, 0.3) is 0 Å². The molecule has 0 heterocycles. The molecule has 1 rings (SSSR count). The molecule has 0 aromatic heterocycles. The Kier molecular flexibility index (Phi) is 4.31. The first-order chi connectivity index (χ1) is 7.50. The van der Waals surface area contributed by atoms with Gasteiger partial charge in [0.2, 0.25) is 0 Å². The summed E-state index contributed by atoms with van der Waals surface area (Å²) in [5, 5.41) is 18.1. The molecular weight excluding hydrogens is 206 g/mol. The summed E-state index contributed by atoms with van der Waals surface area (Å²) in [6.45, 7) is 2.30. The van der Waals surface area contributed by atoms with Crippen LogP contribution in [0.2, 0.25) is 0 Å². The second-order valence-corrected chi connectivity index (χ2v) is 3.92. The molecule has 0 saturated carbocycles. The number of para-hydroxylation sites is 1. The fourth-order valence-electron chi connectivity index (χ4n) is 1.67. The molecule has 0 amide bonds. The van der Waals surface area contributed by atoms with Gasteiger partial charge in [-0.2, -0.15) is 0 Å². The van der Waals surface area contributed by atoms with Crippen LogP contribution in [0.5, 0.6) is 0 Å². The first-order valence-electron chi connectivity index (χ1n) is 5.17. The number of hydrogen-bond acceptors (Lipinski definition) is 3. The highest BCUT2D eigenvalue weighted by Gasteiger charge is 2.13. The van der Waals surface area contributed by atoms with E-state index in [-0.39, 0.29) is 6.42 Å². The van der Waals surface area contributed by atoms with Crippen molar-refractivity contribution in [3.8, 4) is 0 Å². The van der Waals surface area contributed by atoms with E-state index in [4.69, 9.17) is 5.11 Å². The van der Waals surface area contributed by atoms with Gasteiger partial charge in [-0.3, -0.25) is 4.79 Å². The summed E-state index contributed by atoms with van der Waals surface area (Å²) in [5.41, 5.74) is 2.11. The minimum Gasteiger partial charge on any atom is -0.481 e. The van der Waals surface area contributed by atoms with E-state index in [0.29, 0.717) is 6.54 Å². The maximum absolute atomic E-state index is 10.4. The predicted molar refractivity (Wildman–Crippen MR) is 62.7 cm³/mol. The Balaban J connectivity index is 2.62. The molecule has 1 aromatic rings. The molecule has 4 nitrogen and oxygen atoms in total. The van der Waals surface area contributed by atoms with Gasteiger partial charge in [0.15, 0.2) is 0 Å². The highest BCUT2D eigenvalue weighted by atomic mass is 16.4. The quantitative estimate of drug-likeness (QED) is 0.789. The lowest BCUT2D eigenvalue weighted by atomic mass is 10.1. The fourth-order valence-corrected chi connectivity index (χ4v) is 1.67. The van der Waals surface area contributed by atoms with Gasteiger partial charge < -0.3 is 15.1 Å². The largest absolute Gasteiger partial charge is 0.481 e. The first kappa shape index (κ1) is 12.5. The molecule has 1 atom stereocenters. The van der Waals surface area contributed by atoms with Gasteiger partial charge in [0.05, 0.1) is 12.5 Å². The Bertz CT molecular complexity index is 365. The van der Waals surface area contributed by atoms with Crippen molar-refractivity contribution >= 4 is 11.7 Å². The van der Waals surface area contributed by atoms with Crippen molar-refractivity contribution in [2.24, 2.45) is 0 Å². The van der Waals surface area contributed by atoms with Crippen molar-refractivity contribution in [1.29, 1.82) is 0 Å². The highest BCUT2D eigenvalue weighted by Crippen LogP contribution is 2.18. The molecule has 0 saturated heterocycles. The molecule has 4 heteroatoms. The standard InChI is InChI=1S/C12H17NO3/c1-9-5-3-4-6-11(9)13(2)8-10(14)7-12(15)16/h3-6,10,14H,7-8H2,1-2H3,(H,15,16). The number of aliphatic carboxylic acids is 1. The van der Waals surface area contributed by atoms with Gasteiger partial charge in [-0.15, -0.1) is 0 Å². The number of hydrogen-bond donors (Lipinski definition) is 2. The van der Waals surface area contributed by atoms with E-state index >= 15 is 0 Å². The molecule has 1 unspecified atom stereocenters. The number of aryl methyl sites for hydroxylation is 1. The second-order valence-electron chi connectivity index (χ2n) is 3.92. The smallest absolute Gasteiger partial charge is 0.306 e. The van der Waals surface area contributed by atoms with Crippen LogP contribution in [0.1, 0.15) is 12.0 Å². The third kappa shape index (κ3) is 3.55. The van der Waals surface area contributed by atoms with Crippen LogP contribution in [-0.4, -0.2) is 35.9 Å². The van der Waals surface area contributed by atoms with Gasteiger partial charge in [0.25, 0.3) is 0 Å². The van der Waals surface area contributed by atoms with Crippen LogP contribution in [-0.2, 0) is 4.79 Å². The monoisotopic (exact) mass is 223 g/mol. The molecule has 0 fully saturated rings. The summed E-state index contributed by atoms with van der Waals surface area (Å²) >= 11 is 0. The molecule has 0 spiro atoms. The second kappa shape index (κ2) is 5.51. The zero-order valence-corrected chi connectivity index (χ0v) is 9.55. The van der Waals surface area contributed by atoms with Crippen LogP contribution < -0.4 is 4.90 Å². The molecule has 1 aromatic carbocycles. The van der Waals surface area contributed by atoms with E-state index in [1.54, 1.807) is 0 Å². The molecule has 0 aliphatic heterocycles.